The molecule has 0 aliphatic carbocycles. The molecule has 0 spiro atoms. The van der Waals surface area contributed by atoms with Crippen LogP contribution in [0, 0.1) is 0 Å². The first-order valence-electron chi connectivity index (χ1n) is 3.48. The highest BCUT2D eigenvalue weighted by Gasteiger charge is 2.05. The number of imidazole rings is 1. The molecule has 0 saturated carbocycles. The van der Waals surface area contributed by atoms with E-state index >= 15 is 0 Å². The van der Waals surface area contributed by atoms with Gasteiger partial charge >= 0.3 is 0 Å². The Morgan fingerprint density at radius 2 is 2.36 bits per heavy atom. The van der Waals surface area contributed by atoms with Gasteiger partial charge in [-0.05, 0) is 19.9 Å². The van der Waals surface area contributed by atoms with Crippen LogP contribution in [0.5, 0.6) is 0 Å². The van der Waals surface area contributed by atoms with Gasteiger partial charge in [-0.3, -0.25) is 0 Å². The Labute approximate surface area is 65.8 Å². The van der Waals surface area contributed by atoms with Crippen molar-refractivity contribution in [3.8, 4) is 0 Å². The van der Waals surface area contributed by atoms with E-state index in [-0.39, 0.29) is 0 Å². The fraction of sp³-hybridized carbons (Fsp3) is 0.375. The van der Waals surface area contributed by atoms with Crippen LogP contribution in [0.3, 0.4) is 0 Å². The zero-order valence-corrected chi connectivity index (χ0v) is 6.70. The van der Waals surface area contributed by atoms with Crippen LogP contribution < -0.4 is 0 Å². The quantitative estimate of drug-likeness (QED) is 0.668. The number of aromatic nitrogens is 2. The average Bonchev–Trinajstić information content (AvgIpc) is 2.32. The van der Waals surface area contributed by atoms with Gasteiger partial charge in [-0.15, -0.1) is 0 Å². The minimum Gasteiger partial charge on any atom is -0.386 e. The lowest BCUT2D eigenvalue weighted by Gasteiger charge is -2.09. The van der Waals surface area contributed by atoms with Gasteiger partial charge in [0.1, 0.15) is 0 Å². The summed E-state index contributed by atoms with van der Waals surface area (Å²) >= 11 is 0. The summed E-state index contributed by atoms with van der Waals surface area (Å²) in [6.45, 7) is 3.44. The zero-order valence-electron chi connectivity index (χ0n) is 6.70. The summed E-state index contributed by atoms with van der Waals surface area (Å²) in [5.41, 5.74) is 0.137. The molecular weight excluding hydrogens is 140 g/mol. The van der Waals surface area contributed by atoms with Crippen LogP contribution in [0.2, 0.25) is 0 Å². The summed E-state index contributed by atoms with van der Waals surface area (Å²) < 4.78 is 0. The number of nitrogens with one attached hydrogen (secondary N) is 1. The minimum absolute atomic E-state index is 0.759. The molecule has 11 heavy (non-hydrogen) atoms. The molecule has 0 amide bonds. The molecule has 0 fully saturated rings. The van der Waals surface area contributed by atoms with Crippen LogP contribution in [0.15, 0.2) is 18.6 Å². The number of nitrogens with zero attached hydrogens (tertiary/aromatic N) is 1. The van der Waals surface area contributed by atoms with E-state index in [1.54, 1.807) is 38.5 Å². The molecular formula is C8H12N2O. The molecule has 60 valence electrons. The number of hydrogen-bond donors (Lipinski definition) is 2. The van der Waals surface area contributed by atoms with Gasteiger partial charge in [-0.1, -0.05) is 6.08 Å². The molecule has 0 radical (unpaired) electrons. The SMILES string of the molecule is CC(C)(O)C=Cc1cnc[nH]1. The summed E-state index contributed by atoms with van der Waals surface area (Å²) in [6.07, 6.45) is 6.81. The largest absolute Gasteiger partial charge is 0.386 e. The molecule has 0 aliphatic rings. The molecule has 1 heterocycles. The van der Waals surface area contributed by atoms with Crippen molar-refractivity contribution in [2.24, 2.45) is 0 Å². The lowest BCUT2D eigenvalue weighted by atomic mass is 10.1. The van der Waals surface area contributed by atoms with Crippen molar-refractivity contribution in [3.05, 3.63) is 24.3 Å². The molecule has 0 atom stereocenters. The van der Waals surface area contributed by atoms with E-state index in [2.05, 4.69) is 9.97 Å². The molecule has 1 aromatic heterocycles. The highest BCUT2D eigenvalue weighted by atomic mass is 16.3. The molecule has 1 aromatic rings. The maximum Gasteiger partial charge on any atom is 0.0924 e. The molecule has 0 saturated heterocycles. The van der Waals surface area contributed by atoms with Crippen LogP contribution >= 0.6 is 0 Å². The zero-order chi connectivity index (χ0) is 8.32. The maximum absolute atomic E-state index is 9.30. The second-order valence-corrected chi connectivity index (χ2v) is 2.99. The molecule has 2 N–H and O–H groups in total. The van der Waals surface area contributed by atoms with Crippen molar-refractivity contribution in [1.82, 2.24) is 9.97 Å². The van der Waals surface area contributed by atoms with Crippen LogP contribution in [-0.2, 0) is 0 Å². The van der Waals surface area contributed by atoms with E-state index < -0.39 is 5.60 Å². The lowest BCUT2D eigenvalue weighted by molar-refractivity contribution is 0.134. The van der Waals surface area contributed by atoms with Crippen LogP contribution in [0.25, 0.3) is 6.08 Å². The standard InChI is InChI=1S/C8H12N2O/c1-8(2,11)4-3-7-5-9-6-10-7/h3-6,11H,1-2H3,(H,9,10). The molecule has 3 nitrogen and oxygen atoms in total. The molecule has 0 aliphatic heterocycles. The highest BCUT2D eigenvalue weighted by molar-refractivity contribution is 5.44. The van der Waals surface area contributed by atoms with E-state index in [1.807, 2.05) is 0 Å². The smallest absolute Gasteiger partial charge is 0.0924 e. The summed E-state index contributed by atoms with van der Waals surface area (Å²) in [4.78, 5) is 6.74. The van der Waals surface area contributed by atoms with Gasteiger partial charge in [-0.25, -0.2) is 4.98 Å². The van der Waals surface area contributed by atoms with Gasteiger partial charge in [0.25, 0.3) is 0 Å². The van der Waals surface area contributed by atoms with Gasteiger partial charge in [0.2, 0.25) is 0 Å². The Morgan fingerprint density at radius 3 is 2.82 bits per heavy atom. The number of aromatic amines is 1. The van der Waals surface area contributed by atoms with E-state index in [0.717, 1.165) is 5.69 Å². The second-order valence-electron chi connectivity index (χ2n) is 2.99. The lowest BCUT2D eigenvalue weighted by Crippen LogP contribution is -2.13. The van der Waals surface area contributed by atoms with Crippen molar-refractivity contribution in [1.29, 1.82) is 0 Å². The first-order chi connectivity index (χ1) is 5.08. The second kappa shape index (κ2) is 2.88. The normalized spacial score (nSPS) is 12.6. The Hall–Kier alpha value is -1.09. The third-order valence-electron chi connectivity index (χ3n) is 1.19. The fourth-order valence-electron chi connectivity index (χ4n) is 0.651. The van der Waals surface area contributed by atoms with Crippen LogP contribution in [0.1, 0.15) is 19.5 Å². The Morgan fingerprint density at radius 1 is 1.64 bits per heavy atom. The van der Waals surface area contributed by atoms with Gasteiger partial charge in [0.05, 0.1) is 23.8 Å². The fourth-order valence-corrected chi connectivity index (χ4v) is 0.651. The van der Waals surface area contributed by atoms with E-state index in [4.69, 9.17) is 0 Å². The van der Waals surface area contributed by atoms with Crippen molar-refractivity contribution in [2.75, 3.05) is 0 Å². The Bertz CT molecular complexity index is 231. The first-order valence-corrected chi connectivity index (χ1v) is 3.48. The highest BCUT2D eigenvalue weighted by Crippen LogP contribution is 2.05. The summed E-state index contributed by atoms with van der Waals surface area (Å²) in [5, 5.41) is 9.30. The summed E-state index contributed by atoms with van der Waals surface area (Å²) in [6, 6.07) is 0. The monoisotopic (exact) mass is 152 g/mol. The average molecular weight is 152 g/mol. The Balaban J connectivity index is 2.63. The van der Waals surface area contributed by atoms with Crippen molar-refractivity contribution >= 4 is 6.08 Å². The summed E-state index contributed by atoms with van der Waals surface area (Å²) in [5.74, 6) is 0. The number of H-pyrrole nitrogens is 1. The molecule has 0 unspecified atom stereocenters. The van der Waals surface area contributed by atoms with E-state index in [1.165, 1.54) is 0 Å². The van der Waals surface area contributed by atoms with Gasteiger partial charge in [0.15, 0.2) is 0 Å². The van der Waals surface area contributed by atoms with Gasteiger partial charge in [0, 0.05) is 0 Å². The predicted molar refractivity (Wildman–Crippen MR) is 43.9 cm³/mol. The molecule has 0 aromatic carbocycles. The van der Waals surface area contributed by atoms with Gasteiger partial charge < -0.3 is 10.1 Å². The third-order valence-corrected chi connectivity index (χ3v) is 1.19. The molecule has 0 bridgehead atoms. The minimum atomic E-state index is -0.759. The van der Waals surface area contributed by atoms with Crippen molar-refractivity contribution in [3.63, 3.8) is 0 Å². The molecule has 3 heteroatoms. The first kappa shape index (κ1) is 8.01. The number of aliphatic hydroxyl groups is 1. The Kier molecular flexibility index (Phi) is 2.10. The van der Waals surface area contributed by atoms with Gasteiger partial charge in [-0.2, -0.15) is 0 Å². The van der Waals surface area contributed by atoms with Crippen molar-refractivity contribution in [2.45, 2.75) is 19.4 Å². The maximum atomic E-state index is 9.30. The number of rotatable bonds is 2. The van der Waals surface area contributed by atoms with Crippen LogP contribution in [-0.4, -0.2) is 20.7 Å². The van der Waals surface area contributed by atoms with Crippen molar-refractivity contribution < 1.29 is 5.11 Å². The van der Waals surface area contributed by atoms with E-state index in [0.29, 0.717) is 0 Å². The molecule has 1 rings (SSSR count). The van der Waals surface area contributed by atoms with Crippen LogP contribution in [0.4, 0.5) is 0 Å². The number of hydrogen-bond acceptors (Lipinski definition) is 2. The predicted octanol–water partition coefficient (Wildman–Crippen LogP) is 1.19. The third kappa shape index (κ3) is 3.00. The summed E-state index contributed by atoms with van der Waals surface area (Å²) in [7, 11) is 0. The van der Waals surface area contributed by atoms with E-state index in [9.17, 15) is 5.11 Å². The topological polar surface area (TPSA) is 48.9 Å².